The van der Waals surface area contributed by atoms with Gasteiger partial charge in [0.2, 0.25) is 5.91 Å². The number of benzene rings is 1. The Morgan fingerprint density at radius 2 is 1.88 bits per heavy atom. The van der Waals surface area contributed by atoms with Crippen molar-refractivity contribution in [2.45, 2.75) is 34.2 Å². The van der Waals surface area contributed by atoms with Crippen molar-refractivity contribution in [2.24, 2.45) is 0 Å². The maximum Gasteiger partial charge on any atom is 0.268 e. The summed E-state index contributed by atoms with van der Waals surface area (Å²) in [7, 11) is 0. The molecule has 130 valence electrons. The lowest BCUT2D eigenvalue weighted by Crippen LogP contribution is -2.34. The van der Waals surface area contributed by atoms with Crippen LogP contribution in [0.5, 0.6) is 5.75 Å². The molecular formula is C18H25N3O3. The lowest BCUT2D eigenvalue weighted by atomic mass is 10.1. The zero-order valence-corrected chi connectivity index (χ0v) is 14.7. The predicted octanol–water partition coefficient (Wildman–Crippen LogP) is 2.23. The highest BCUT2D eigenvalue weighted by Gasteiger charge is 2.19. The quantitative estimate of drug-likeness (QED) is 0.764. The first-order valence-electron chi connectivity index (χ1n) is 8.27. The smallest absolute Gasteiger partial charge is 0.268 e. The van der Waals surface area contributed by atoms with Gasteiger partial charge in [0.05, 0.1) is 6.61 Å². The standard InChI is InChI=1S/C18H25N3O3/c1-5-21-16-8-7-14(24-6-2)11-15(16)12(3)17(21)18(23)20-10-9-19-13(4)22/h7-8,11H,5-6,9-10H2,1-4H3,(H,19,22)(H,20,23). The van der Waals surface area contributed by atoms with Crippen LogP contribution in [0.1, 0.15) is 36.8 Å². The van der Waals surface area contributed by atoms with Crippen LogP contribution in [0.3, 0.4) is 0 Å². The van der Waals surface area contributed by atoms with Gasteiger partial charge in [-0.25, -0.2) is 0 Å². The molecule has 0 atom stereocenters. The number of hydrogen-bond acceptors (Lipinski definition) is 3. The molecule has 6 nitrogen and oxygen atoms in total. The number of ether oxygens (including phenoxy) is 1. The molecule has 1 aromatic heterocycles. The van der Waals surface area contributed by atoms with Crippen molar-refractivity contribution in [1.82, 2.24) is 15.2 Å². The molecule has 0 radical (unpaired) electrons. The van der Waals surface area contributed by atoms with Gasteiger partial charge >= 0.3 is 0 Å². The Morgan fingerprint density at radius 3 is 2.50 bits per heavy atom. The second kappa shape index (κ2) is 7.86. The molecule has 2 aromatic rings. The number of amides is 2. The summed E-state index contributed by atoms with van der Waals surface area (Å²) in [6, 6.07) is 5.90. The fraction of sp³-hybridized carbons (Fsp3) is 0.444. The van der Waals surface area contributed by atoms with Crippen LogP contribution in [0.2, 0.25) is 0 Å². The molecule has 1 aromatic carbocycles. The molecule has 0 aliphatic rings. The van der Waals surface area contributed by atoms with Crippen molar-refractivity contribution in [1.29, 1.82) is 0 Å². The largest absolute Gasteiger partial charge is 0.494 e. The van der Waals surface area contributed by atoms with Crippen molar-refractivity contribution in [3.63, 3.8) is 0 Å². The SMILES string of the molecule is CCOc1ccc2c(c1)c(C)c(C(=O)NCCNC(C)=O)n2CC. The van der Waals surface area contributed by atoms with Crippen LogP contribution in [0.25, 0.3) is 10.9 Å². The van der Waals surface area contributed by atoms with E-state index < -0.39 is 0 Å². The normalized spacial score (nSPS) is 10.7. The molecule has 2 N–H and O–H groups in total. The highest BCUT2D eigenvalue weighted by Crippen LogP contribution is 2.29. The molecule has 0 aliphatic carbocycles. The van der Waals surface area contributed by atoms with Gasteiger partial charge in [-0.2, -0.15) is 0 Å². The number of aryl methyl sites for hydroxylation is 2. The third kappa shape index (κ3) is 3.69. The number of nitrogens with one attached hydrogen (secondary N) is 2. The summed E-state index contributed by atoms with van der Waals surface area (Å²) in [5.74, 6) is 0.569. The van der Waals surface area contributed by atoms with E-state index in [4.69, 9.17) is 4.74 Å². The first kappa shape index (κ1) is 17.8. The molecule has 24 heavy (non-hydrogen) atoms. The van der Waals surface area contributed by atoms with Crippen molar-refractivity contribution < 1.29 is 14.3 Å². The number of carbonyl (C=O) groups excluding carboxylic acids is 2. The lowest BCUT2D eigenvalue weighted by Gasteiger charge is -2.10. The summed E-state index contributed by atoms with van der Waals surface area (Å²) in [5, 5.41) is 6.55. The summed E-state index contributed by atoms with van der Waals surface area (Å²) < 4.78 is 7.57. The average Bonchev–Trinajstić information content (AvgIpc) is 2.83. The van der Waals surface area contributed by atoms with Crippen LogP contribution in [0, 0.1) is 6.92 Å². The van der Waals surface area contributed by atoms with Gasteiger partial charge in [-0.15, -0.1) is 0 Å². The molecule has 0 fully saturated rings. The van der Waals surface area contributed by atoms with Crippen LogP contribution in [-0.4, -0.2) is 36.1 Å². The maximum atomic E-state index is 12.6. The number of rotatable bonds is 7. The summed E-state index contributed by atoms with van der Waals surface area (Å²) in [6.45, 7) is 9.49. The van der Waals surface area contributed by atoms with E-state index in [2.05, 4.69) is 10.6 Å². The molecule has 2 amide bonds. The first-order valence-corrected chi connectivity index (χ1v) is 8.27. The number of fused-ring (bicyclic) bond motifs is 1. The highest BCUT2D eigenvalue weighted by atomic mass is 16.5. The molecule has 0 unspecified atom stereocenters. The summed E-state index contributed by atoms with van der Waals surface area (Å²) in [5.41, 5.74) is 2.61. The average molecular weight is 331 g/mol. The zero-order chi connectivity index (χ0) is 17.7. The number of aromatic nitrogens is 1. The molecule has 0 aliphatic heterocycles. The Morgan fingerprint density at radius 1 is 1.17 bits per heavy atom. The number of hydrogen-bond donors (Lipinski definition) is 2. The number of nitrogens with zero attached hydrogens (tertiary/aromatic N) is 1. The Hall–Kier alpha value is -2.50. The van der Waals surface area contributed by atoms with Crippen LogP contribution in [-0.2, 0) is 11.3 Å². The van der Waals surface area contributed by atoms with Crippen LogP contribution >= 0.6 is 0 Å². The highest BCUT2D eigenvalue weighted by molar-refractivity contribution is 6.02. The van der Waals surface area contributed by atoms with Gasteiger partial charge in [0.25, 0.3) is 5.91 Å². The summed E-state index contributed by atoms with van der Waals surface area (Å²) in [6.07, 6.45) is 0. The van der Waals surface area contributed by atoms with E-state index in [0.29, 0.717) is 31.9 Å². The second-order valence-electron chi connectivity index (χ2n) is 5.57. The Kier molecular flexibility index (Phi) is 5.84. The monoisotopic (exact) mass is 331 g/mol. The van der Waals surface area contributed by atoms with E-state index in [1.807, 2.05) is 43.5 Å². The maximum absolute atomic E-state index is 12.6. The third-order valence-electron chi connectivity index (χ3n) is 3.91. The molecule has 1 heterocycles. The molecule has 2 rings (SSSR count). The minimum Gasteiger partial charge on any atom is -0.494 e. The van der Waals surface area contributed by atoms with E-state index in [-0.39, 0.29) is 11.8 Å². The van der Waals surface area contributed by atoms with Crippen LogP contribution in [0.15, 0.2) is 18.2 Å². The Bertz CT molecular complexity index is 750. The molecule has 0 spiro atoms. The predicted molar refractivity (Wildman–Crippen MR) is 94.5 cm³/mol. The molecule has 6 heteroatoms. The van der Waals surface area contributed by atoms with Gasteiger partial charge in [0, 0.05) is 37.5 Å². The van der Waals surface area contributed by atoms with Gasteiger partial charge in [0.1, 0.15) is 11.4 Å². The van der Waals surface area contributed by atoms with Gasteiger partial charge in [0.15, 0.2) is 0 Å². The van der Waals surface area contributed by atoms with Gasteiger partial charge in [-0.3, -0.25) is 9.59 Å². The van der Waals surface area contributed by atoms with Gasteiger partial charge in [-0.1, -0.05) is 0 Å². The fourth-order valence-corrected chi connectivity index (χ4v) is 2.88. The van der Waals surface area contributed by atoms with Crippen LogP contribution in [0.4, 0.5) is 0 Å². The number of carbonyl (C=O) groups is 2. The molecule has 0 saturated heterocycles. The molecule has 0 saturated carbocycles. The molecule has 0 bridgehead atoms. The minimum absolute atomic E-state index is 0.105. The van der Waals surface area contributed by atoms with E-state index in [1.165, 1.54) is 6.92 Å². The van der Waals surface area contributed by atoms with E-state index in [9.17, 15) is 9.59 Å². The van der Waals surface area contributed by atoms with E-state index in [1.54, 1.807) is 0 Å². The van der Waals surface area contributed by atoms with Crippen molar-refractivity contribution in [2.75, 3.05) is 19.7 Å². The van der Waals surface area contributed by atoms with Crippen LogP contribution < -0.4 is 15.4 Å². The van der Waals surface area contributed by atoms with Gasteiger partial charge < -0.3 is 19.9 Å². The van der Waals surface area contributed by atoms with Crippen molar-refractivity contribution in [3.8, 4) is 5.75 Å². The van der Waals surface area contributed by atoms with E-state index in [0.717, 1.165) is 22.2 Å². The Labute approximate surface area is 142 Å². The first-order chi connectivity index (χ1) is 11.5. The summed E-state index contributed by atoms with van der Waals surface area (Å²) in [4.78, 5) is 23.5. The van der Waals surface area contributed by atoms with Gasteiger partial charge in [-0.05, 0) is 44.5 Å². The topological polar surface area (TPSA) is 72.4 Å². The molecular weight excluding hydrogens is 306 g/mol. The zero-order valence-electron chi connectivity index (χ0n) is 14.7. The lowest BCUT2D eigenvalue weighted by molar-refractivity contribution is -0.118. The van der Waals surface area contributed by atoms with E-state index >= 15 is 0 Å². The summed E-state index contributed by atoms with van der Waals surface area (Å²) >= 11 is 0. The Balaban J connectivity index is 2.29. The van der Waals surface area contributed by atoms with Crippen molar-refractivity contribution in [3.05, 3.63) is 29.5 Å². The third-order valence-corrected chi connectivity index (χ3v) is 3.91. The van der Waals surface area contributed by atoms with Crippen molar-refractivity contribution >= 4 is 22.7 Å². The second-order valence-corrected chi connectivity index (χ2v) is 5.57. The fourth-order valence-electron chi connectivity index (χ4n) is 2.88. The minimum atomic E-state index is -0.131.